The predicted octanol–water partition coefficient (Wildman–Crippen LogP) is 4.57. The van der Waals surface area contributed by atoms with Crippen molar-refractivity contribution in [3.8, 4) is 0 Å². The van der Waals surface area contributed by atoms with E-state index in [-0.39, 0.29) is 13.1 Å². The first-order valence-electron chi connectivity index (χ1n) is 12.3. The first-order valence-corrected chi connectivity index (χ1v) is 12.3. The van der Waals surface area contributed by atoms with Gasteiger partial charge in [0.2, 0.25) is 5.66 Å². The Labute approximate surface area is 222 Å². The largest absolute Gasteiger partial charge is 0.416 e. The molecular formula is C29H23F3N4O3. The quantitative estimate of drug-likeness (QED) is 0.386. The number of hydrogen-bond donors (Lipinski definition) is 1. The smallest absolute Gasteiger partial charge is 0.305 e. The molecule has 0 unspecified atom stereocenters. The molecule has 3 heterocycles. The number of hydrogen-bond acceptors (Lipinski definition) is 4. The summed E-state index contributed by atoms with van der Waals surface area (Å²) in [5.74, 6) is -1.00. The van der Waals surface area contributed by atoms with Gasteiger partial charge in [0, 0.05) is 12.1 Å². The van der Waals surface area contributed by atoms with Gasteiger partial charge in [0.15, 0.2) is 0 Å². The Morgan fingerprint density at radius 1 is 0.897 bits per heavy atom. The van der Waals surface area contributed by atoms with Crippen LogP contribution >= 0.6 is 0 Å². The maximum atomic E-state index is 14.1. The summed E-state index contributed by atoms with van der Waals surface area (Å²) in [5.41, 5.74) is -0.447. The summed E-state index contributed by atoms with van der Waals surface area (Å²) in [6, 6.07) is 17.6. The van der Waals surface area contributed by atoms with Gasteiger partial charge < -0.3 is 4.90 Å². The number of anilines is 1. The molecule has 198 valence electrons. The van der Waals surface area contributed by atoms with E-state index < -0.39 is 47.3 Å². The molecule has 0 saturated carbocycles. The van der Waals surface area contributed by atoms with E-state index in [2.05, 4.69) is 11.9 Å². The van der Waals surface area contributed by atoms with Crippen molar-refractivity contribution in [2.45, 2.75) is 30.5 Å². The topological polar surface area (TPSA) is 73.0 Å². The van der Waals surface area contributed by atoms with Crippen molar-refractivity contribution >= 4 is 23.5 Å². The molecule has 39 heavy (non-hydrogen) atoms. The number of nitrogens with zero attached hydrogens (tertiary/aromatic N) is 3. The first kappa shape index (κ1) is 24.9. The Balaban J connectivity index is 1.50. The highest BCUT2D eigenvalue weighted by Crippen LogP contribution is 2.52. The highest BCUT2D eigenvalue weighted by atomic mass is 19.4. The third-order valence-electron chi connectivity index (χ3n) is 7.51. The summed E-state index contributed by atoms with van der Waals surface area (Å²) in [4.78, 5) is 45.9. The SMILES string of the molecule is C=CCN1C(=O)[C@]2(N[C@@H](c3ccc(C(F)(F)F)cc3)[C@H]3C(=O)N(Cc4ccccc4)C(=O)N32)c2ccccc21. The van der Waals surface area contributed by atoms with Crippen LogP contribution in [0.5, 0.6) is 0 Å². The minimum Gasteiger partial charge on any atom is -0.305 e. The van der Waals surface area contributed by atoms with Crippen molar-refractivity contribution in [1.82, 2.24) is 15.1 Å². The molecule has 0 aromatic heterocycles. The summed E-state index contributed by atoms with van der Waals surface area (Å²) in [7, 11) is 0. The number of amides is 4. The molecule has 7 nitrogen and oxygen atoms in total. The monoisotopic (exact) mass is 532 g/mol. The Hall–Kier alpha value is -4.44. The molecule has 10 heteroatoms. The second kappa shape index (κ2) is 8.81. The predicted molar refractivity (Wildman–Crippen MR) is 136 cm³/mol. The lowest BCUT2D eigenvalue weighted by Gasteiger charge is -2.33. The van der Waals surface area contributed by atoms with Gasteiger partial charge in [-0.15, -0.1) is 6.58 Å². The van der Waals surface area contributed by atoms with Crippen molar-refractivity contribution < 1.29 is 27.6 Å². The number of halogens is 3. The van der Waals surface area contributed by atoms with Crippen molar-refractivity contribution in [1.29, 1.82) is 0 Å². The Kier molecular flexibility index (Phi) is 5.62. The van der Waals surface area contributed by atoms with Gasteiger partial charge in [0.25, 0.3) is 11.8 Å². The van der Waals surface area contributed by atoms with E-state index in [9.17, 15) is 27.6 Å². The Bertz CT molecular complexity index is 1490. The van der Waals surface area contributed by atoms with E-state index in [1.165, 1.54) is 21.9 Å². The summed E-state index contributed by atoms with van der Waals surface area (Å²) >= 11 is 0. The van der Waals surface area contributed by atoms with Gasteiger partial charge in [-0.2, -0.15) is 13.2 Å². The van der Waals surface area contributed by atoms with Gasteiger partial charge in [-0.3, -0.25) is 24.7 Å². The van der Waals surface area contributed by atoms with Crippen LogP contribution in [0.4, 0.5) is 23.7 Å². The second-order valence-electron chi connectivity index (χ2n) is 9.68. The first-order chi connectivity index (χ1) is 18.7. The van der Waals surface area contributed by atoms with Crippen LogP contribution in [0.15, 0.2) is 91.5 Å². The van der Waals surface area contributed by atoms with Crippen LogP contribution in [0.1, 0.15) is 28.3 Å². The number of fused-ring (bicyclic) bond motifs is 4. The third-order valence-corrected chi connectivity index (χ3v) is 7.51. The number of rotatable bonds is 5. The number of carbonyl (C=O) groups is 3. The number of nitrogens with one attached hydrogen (secondary N) is 1. The molecular weight excluding hydrogens is 509 g/mol. The minimum absolute atomic E-state index is 0.00642. The lowest BCUT2D eigenvalue weighted by atomic mass is 9.98. The highest BCUT2D eigenvalue weighted by molar-refractivity contribution is 6.14. The zero-order valence-electron chi connectivity index (χ0n) is 20.6. The number of benzene rings is 3. The van der Waals surface area contributed by atoms with Crippen molar-refractivity contribution in [3.05, 3.63) is 114 Å². The third kappa shape index (κ3) is 3.59. The summed E-state index contributed by atoms with van der Waals surface area (Å²) in [5, 5.41) is 3.23. The van der Waals surface area contributed by atoms with Crippen LogP contribution in [0.3, 0.4) is 0 Å². The Morgan fingerprint density at radius 2 is 1.56 bits per heavy atom. The number of para-hydroxylation sites is 1. The lowest BCUT2D eigenvalue weighted by Crippen LogP contribution is -2.58. The number of urea groups is 1. The van der Waals surface area contributed by atoms with Gasteiger partial charge >= 0.3 is 12.2 Å². The fourth-order valence-corrected chi connectivity index (χ4v) is 5.80. The molecule has 1 N–H and O–H groups in total. The Morgan fingerprint density at radius 3 is 2.23 bits per heavy atom. The fraction of sp³-hybridized carbons (Fsp3) is 0.207. The maximum absolute atomic E-state index is 14.1. The van der Waals surface area contributed by atoms with Crippen LogP contribution in [0, 0.1) is 0 Å². The molecule has 1 spiro atoms. The van der Waals surface area contributed by atoms with Gasteiger partial charge in [0.05, 0.1) is 23.8 Å². The van der Waals surface area contributed by atoms with Crippen molar-refractivity contribution in [2.75, 3.05) is 11.4 Å². The number of alkyl halides is 3. The molecule has 3 aromatic carbocycles. The van der Waals surface area contributed by atoms with Crippen molar-refractivity contribution in [3.63, 3.8) is 0 Å². The zero-order valence-corrected chi connectivity index (χ0v) is 20.6. The molecule has 4 amide bonds. The van der Waals surface area contributed by atoms with E-state index in [0.717, 1.165) is 22.6 Å². The molecule has 0 radical (unpaired) electrons. The molecule has 0 bridgehead atoms. The van der Waals surface area contributed by atoms with E-state index in [0.29, 0.717) is 16.8 Å². The molecule has 6 rings (SSSR count). The minimum atomic E-state index is -4.54. The highest BCUT2D eigenvalue weighted by Gasteiger charge is 2.70. The maximum Gasteiger partial charge on any atom is 0.416 e. The van der Waals surface area contributed by atoms with Gasteiger partial charge in [-0.05, 0) is 29.3 Å². The van der Waals surface area contributed by atoms with Crippen LogP contribution < -0.4 is 10.2 Å². The van der Waals surface area contributed by atoms with E-state index in [1.807, 2.05) is 6.07 Å². The average molecular weight is 533 g/mol. The number of imide groups is 1. The molecule has 2 fully saturated rings. The molecule has 3 aliphatic rings. The van der Waals surface area contributed by atoms with Crippen LogP contribution in [0.2, 0.25) is 0 Å². The second-order valence-corrected chi connectivity index (χ2v) is 9.68. The molecule has 3 aliphatic heterocycles. The van der Waals surface area contributed by atoms with Gasteiger partial charge in [0.1, 0.15) is 6.04 Å². The van der Waals surface area contributed by atoms with E-state index in [4.69, 9.17) is 0 Å². The fourth-order valence-electron chi connectivity index (χ4n) is 5.80. The zero-order chi connectivity index (χ0) is 27.5. The summed E-state index contributed by atoms with van der Waals surface area (Å²) in [6.07, 6.45) is -2.97. The van der Waals surface area contributed by atoms with E-state index >= 15 is 0 Å². The lowest BCUT2D eigenvalue weighted by molar-refractivity contribution is -0.137. The summed E-state index contributed by atoms with van der Waals surface area (Å²) < 4.78 is 39.8. The van der Waals surface area contributed by atoms with E-state index in [1.54, 1.807) is 54.6 Å². The normalized spacial score (nSPS) is 24.1. The molecule has 3 aromatic rings. The van der Waals surface area contributed by atoms with Gasteiger partial charge in [-0.1, -0.05) is 66.7 Å². The van der Waals surface area contributed by atoms with Crippen molar-refractivity contribution in [2.24, 2.45) is 0 Å². The molecule has 2 saturated heterocycles. The standard InChI is InChI=1S/C29H23F3N4O3/c1-2-16-34-22-11-7-6-10-21(22)28(26(34)38)33-23(19-12-14-20(15-13-19)29(30,31)32)24-25(37)35(27(39)36(24)28)17-18-8-4-3-5-9-18/h2-15,23-24,33H,1,16-17H2/t23-,24-,28-/m0/s1. The molecule has 0 aliphatic carbocycles. The summed E-state index contributed by atoms with van der Waals surface area (Å²) in [6.45, 7) is 3.90. The van der Waals surface area contributed by atoms with Gasteiger partial charge in [-0.25, -0.2) is 4.79 Å². The average Bonchev–Trinajstić information content (AvgIpc) is 3.50. The number of carbonyl (C=O) groups excluding carboxylic acids is 3. The van der Waals surface area contributed by atoms with Crippen LogP contribution in [0.25, 0.3) is 0 Å². The van der Waals surface area contributed by atoms with Crippen LogP contribution in [-0.4, -0.2) is 40.2 Å². The molecule has 3 atom stereocenters. The van der Waals surface area contributed by atoms with Crippen LogP contribution in [-0.2, 0) is 28.0 Å².